The predicted molar refractivity (Wildman–Crippen MR) is 79.5 cm³/mol. The lowest BCUT2D eigenvalue weighted by Gasteiger charge is -2.32. The molecule has 2 aromatic rings. The molecule has 0 bridgehead atoms. The Kier molecular flexibility index (Phi) is 4.00. The van der Waals surface area contributed by atoms with E-state index < -0.39 is 0 Å². The molecular weight excluding hydrogens is 252 g/mol. The lowest BCUT2D eigenvalue weighted by atomic mass is 10.2. The van der Waals surface area contributed by atoms with Gasteiger partial charge in [-0.1, -0.05) is 6.07 Å². The smallest absolute Gasteiger partial charge is 0.209 e. The zero-order valence-corrected chi connectivity index (χ0v) is 12.2. The van der Waals surface area contributed by atoms with Crippen molar-refractivity contribution in [3.63, 3.8) is 0 Å². The van der Waals surface area contributed by atoms with Gasteiger partial charge in [-0.2, -0.15) is 0 Å². The van der Waals surface area contributed by atoms with E-state index in [0.717, 1.165) is 49.7 Å². The Morgan fingerprint density at radius 3 is 2.80 bits per heavy atom. The van der Waals surface area contributed by atoms with Crippen molar-refractivity contribution in [2.24, 2.45) is 0 Å². The highest BCUT2D eigenvalue weighted by atomic mass is 16.3. The molecule has 0 unspecified atom stereocenters. The molecule has 5 heteroatoms. The SMILES string of the molecule is CNCc1nc2cc(CN3CCN(C)CC3)ccc2o1. The van der Waals surface area contributed by atoms with Gasteiger partial charge in [0.2, 0.25) is 5.89 Å². The molecule has 1 aliphatic heterocycles. The van der Waals surface area contributed by atoms with E-state index in [-0.39, 0.29) is 0 Å². The van der Waals surface area contributed by atoms with Crippen molar-refractivity contribution in [1.82, 2.24) is 20.1 Å². The van der Waals surface area contributed by atoms with Crippen molar-refractivity contribution >= 4 is 11.1 Å². The third-order valence-electron chi connectivity index (χ3n) is 3.83. The lowest BCUT2D eigenvalue weighted by Crippen LogP contribution is -2.43. The topological polar surface area (TPSA) is 44.5 Å². The van der Waals surface area contributed by atoms with Crippen LogP contribution < -0.4 is 5.32 Å². The van der Waals surface area contributed by atoms with E-state index in [0.29, 0.717) is 6.54 Å². The fourth-order valence-electron chi connectivity index (χ4n) is 2.61. The number of hydrogen-bond donors (Lipinski definition) is 1. The molecule has 0 amide bonds. The van der Waals surface area contributed by atoms with Gasteiger partial charge in [0.05, 0.1) is 6.54 Å². The number of likely N-dealkylation sites (N-methyl/N-ethyl adjacent to an activating group) is 1. The van der Waals surface area contributed by atoms with E-state index in [1.165, 1.54) is 5.56 Å². The second kappa shape index (κ2) is 5.91. The highest BCUT2D eigenvalue weighted by Gasteiger charge is 2.14. The standard InChI is InChI=1S/C15H22N4O/c1-16-10-15-17-13-9-12(3-4-14(13)20-15)11-19-7-5-18(2)6-8-19/h3-4,9,16H,5-8,10-11H2,1-2H3. The Morgan fingerprint density at radius 1 is 1.25 bits per heavy atom. The summed E-state index contributed by atoms with van der Waals surface area (Å²) in [4.78, 5) is 9.38. The van der Waals surface area contributed by atoms with Crippen molar-refractivity contribution in [3.05, 3.63) is 29.7 Å². The number of nitrogens with one attached hydrogen (secondary N) is 1. The van der Waals surface area contributed by atoms with Crippen molar-refractivity contribution in [2.45, 2.75) is 13.1 Å². The first-order valence-electron chi connectivity index (χ1n) is 7.18. The van der Waals surface area contributed by atoms with Gasteiger partial charge in [-0.15, -0.1) is 0 Å². The van der Waals surface area contributed by atoms with Crippen LogP contribution in [0, 0.1) is 0 Å². The summed E-state index contributed by atoms with van der Waals surface area (Å²) in [6, 6.07) is 6.33. The zero-order chi connectivity index (χ0) is 13.9. The van der Waals surface area contributed by atoms with Gasteiger partial charge in [-0.25, -0.2) is 4.98 Å². The summed E-state index contributed by atoms with van der Waals surface area (Å²) in [5.74, 6) is 0.749. The van der Waals surface area contributed by atoms with Crippen LogP contribution >= 0.6 is 0 Å². The third-order valence-corrected chi connectivity index (χ3v) is 3.83. The van der Waals surface area contributed by atoms with Crippen molar-refractivity contribution in [1.29, 1.82) is 0 Å². The summed E-state index contributed by atoms with van der Waals surface area (Å²) < 4.78 is 5.67. The predicted octanol–water partition coefficient (Wildman–Crippen LogP) is 1.29. The second-order valence-electron chi connectivity index (χ2n) is 5.52. The van der Waals surface area contributed by atoms with Crippen LogP contribution in [0.15, 0.2) is 22.6 Å². The number of oxazole rings is 1. The molecule has 0 atom stereocenters. The van der Waals surface area contributed by atoms with Crippen LogP contribution in [0.2, 0.25) is 0 Å². The summed E-state index contributed by atoms with van der Waals surface area (Å²) in [5, 5.41) is 3.06. The van der Waals surface area contributed by atoms with Gasteiger partial charge in [-0.3, -0.25) is 4.90 Å². The molecule has 2 heterocycles. The summed E-state index contributed by atoms with van der Waals surface area (Å²) in [7, 11) is 4.08. The van der Waals surface area contributed by atoms with Gasteiger partial charge < -0.3 is 14.6 Å². The first-order valence-corrected chi connectivity index (χ1v) is 7.18. The van der Waals surface area contributed by atoms with Crippen LogP contribution in [0.1, 0.15) is 11.5 Å². The first kappa shape index (κ1) is 13.5. The summed E-state index contributed by atoms with van der Waals surface area (Å²) in [6.45, 7) is 6.24. The molecule has 1 aromatic heterocycles. The molecule has 1 aliphatic rings. The Bertz CT molecular complexity index is 572. The minimum Gasteiger partial charge on any atom is -0.439 e. The molecule has 1 N–H and O–H groups in total. The normalized spacial score (nSPS) is 17.9. The lowest BCUT2D eigenvalue weighted by molar-refractivity contribution is 0.148. The van der Waals surface area contributed by atoms with Crippen molar-refractivity contribution in [2.75, 3.05) is 40.3 Å². The van der Waals surface area contributed by atoms with Crippen molar-refractivity contribution in [3.8, 4) is 0 Å². The average molecular weight is 274 g/mol. The monoisotopic (exact) mass is 274 g/mol. The van der Waals surface area contributed by atoms with E-state index in [1.54, 1.807) is 0 Å². The van der Waals surface area contributed by atoms with Gasteiger partial charge in [0.25, 0.3) is 0 Å². The van der Waals surface area contributed by atoms with Gasteiger partial charge in [-0.05, 0) is 31.8 Å². The summed E-state index contributed by atoms with van der Waals surface area (Å²) in [6.07, 6.45) is 0. The highest BCUT2D eigenvalue weighted by molar-refractivity contribution is 5.73. The quantitative estimate of drug-likeness (QED) is 0.910. The second-order valence-corrected chi connectivity index (χ2v) is 5.52. The molecule has 0 spiro atoms. The maximum Gasteiger partial charge on any atom is 0.209 e. The first-order chi connectivity index (χ1) is 9.74. The number of hydrogen-bond acceptors (Lipinski definition) is 5. The van der Waals surface area contributed by atoms with E-state index in [9.17, 15) is 0 Å². The highest BCUT2D eigenvalue weighted by Crippen LogP contribution is 2.18. The van der Waals surface area contributed by atoms with Crippen LogP contribution in [-0.4, -0.2) is 55.1 Å². The minimum absolute atomic E-state index is 0.669. The van der Waals surface area contributed by atoms with Gasteiger partial charge in [0.15, 0.2) is 5.58 Å². The van der Waals surface area contributed by atoms with Crippen LogP contribution in [0.25, 0.3) is 11.1 Å². The molecule has 5 nitrogen and oxygen atoms in total. The largest absolute Gasteiger partial charge is 0.439 e. The van der Waals surface area contributed by atoms with Crippen molar-refractivity contribution < 1.29 is 4.42 Å². The number of rotatable bonds is 4. The van der Waals surface area contributed by atoms with Crippen LogP contribution in [-0.2, 0) is 13.1 Å². The Morgan fingerprint density at radius 2 is 2.05 bits per heavy atom. The Hall–Kier alpha value is -1.43. The van der Waals surface area contributed by atoms with Crippen LogP contribution in [0.4, 0.5) is 0 Å². The molecule has 20 heavy (non-hydrogen) atoms. The molecule has 1 fully saturated rings. The molecule has 0 radical (unpaired) electrons. The number of piperazine rings is 1. The van der Waals surface area contributed by atoms with Crippen LogP contribution in [0.3, 0.4) is 0 Å². The van der Waals surface area contributed by atoms with Gasteiger partial charge in [0, 0.05) is 32.7 Å². The molecule has 0 aliphatic carbocycles. The number of benzene rings is 1. The van der Waals surface area contributed by atoms with Crippen LogP contribution in [0.5, 0.6) is 0 Å². The number of aromatic nitrogens is 1. The molecular formula is C15H22N4O. The fraction of sp³-hybridized carbons (Fsp3) is 0.533. The Labute approximate surface area is 119 Å². The number of fused-ring (bicyclic) bond motifs is 1. The number of nitrogens with zero attached hydrogens (tertiary/aromatic N) is 3. The summed E-state index contributed by atoms with van der Waals surface area (Å²) in [5.41, 5.74) is 3.14. The molecule has 108 valence electrons. The average Bonchev–Trinajstić information content (AvgIpc) is 2.83. The van der Waals surface area contributed by atoms with E-state index in [1.807, 2.05) is 13.1 Å². The maximum absolute atomic E-state index is 5.67. The molecule has 1 saturated heterocycles. The zero-order valence-electron chi connectivity index (χ0n) is 12.2. The molecule has 3 rings (SSSR count). The minimum atomic E-state index is 0.669. The fourth-order valence-corrected chi connectivity index (χ4v) is 2.61. The molecule has 1 aromatic carbocycles. The molecule has 0 saturated carbocycles. The van der Waals surface area contributed by atoms with E-state index >= 15 is 0 Å². The van der Waals surface area contributed by atoms with E-state index in [4.69, 9.17) is 4.42 Å². The maximum atomic E-state index is 5.67. The van der Waals surface area contributed by atoms with Gasteiger partial charge >= 0.3 is 0 Å². The Balaban J connectivity index is 1.72. The van der Waals surface area contributed by atoms with Gasteiger partial charge in [0.1, 0.15) is 5.52 Å². The third kappa shape index (κ3) is 3.00. The summed E-state index contributed by atoms with van der Waals surface area (Å²) >= 11 is 0. The van der Waals surface area contributed by atoms with E-state index in [2.05, 4.69) is 39.3 Å².